The number of rotatable bonds is 11. The predicted octanol–water partition coefficient (Wildman–Crippen LogP) is 3.05. The van der Waals surface area contributed by atoms with Gasteiger partial charge in [-0.25, -0.2) is 4.99 Å². The monoisotopic (exact) mass is 691 g/mol. The molecule has 4 rings (SSSR count). The average Bonchev–Trinajstić information content (AvgIpc) is 3.32. The lowest BCUT2D eigenvalue weighted by atomic mass is 9.80. The Hall–Kier alpha value is -5.33. The minimum absolute atomic E-state index is 0.0713. The van der Waals surface area contributed by atoms with Crippen molar-refractivity contribution in [2.45, 2.75) is 64.8 Å². The molecule has 2 aliphatic heterocycles. The normalized spacial score (nSPS) is 25.5. The Morgan fingerprint density at radius 2 is 1.35 bits per heavy atom. The van der Waals surface area contributed by atoms with Crippen molar-refractivity contribution in [1.29, 1.82) is 5.26 Å². The van der Waals surface area contributed by atoms with Crippen molar-refractivity contribution in [3.63, 3.8) is 0 Å². The van der Waals surface area contributed by atoms with Crippen LogP contribution in [0.1, 0.15) is 54.8 Å². The van der Waals surface area contributed by atoms with Gasteiger partial charge in [0.2, 0.25) is 5.78 Å². The number of allylic oxidation sites excluding steroid dienone is 2. The van der Waals surface area contributed by atoms with Crippen LogP contribution in [0.3, 0.4) is 0 Å². The van der Waals surface area contributed by atoms with E-state index in [1.54, 1.807) is 60.7 Å². The van der Waals surface area contributed by atoms with Crippen LogP contribution in [0, 0.1) is 16.7 Å². The molecular formula is C34H33N3O11S. The Bertz CT molecular complexity index is 1740. The lowest BCUT2D eigenvalue weighted by molar-refractivity contribution is -0.250. The maximum Gasteiger partial charge on any atom is 0.303 e. The fourth-order valence-electron chi connectivity index (χ4n) is 5.28. The van der Waals surface area contributed by atoms with E-state index in [4.69, 9.17) is 29.4 Å². The maximum absolute atomic E-state index is 13.7. The van der Waals surface area contributed by atoms with E-state index in [1.807, 2.05) is 0 Å². The van der Waals surface area contributed by atoms with Gasteiger partial charge >= 0.3 is 23.9 Å². The van der Waals surface area contributed by atoms with E-state index in [9.17, 15) is 34.0 Å². The number of ether oxygens (including phenoxy) is 5. The molecule has 6 atom stereocenters. The fraction of sp³-hybridized carbons (Fsp3) is 0.353. The van der Waals surface area contributed by atoms with Gasteiger partial charge in [-0.05, 0) is 0 Å². The summed E-state index contributed by atoms with van der Waals surface area (Å²) in [6, 6.07) is 18.3. The first-order valence-corrected chi connectivity index (χ1v) is 15.7. The molecule has 0 spiro atoms. The molecule has 0 aromatic heterocycles. The zero-order valence-electron chi connectivity index (χ0n) is 26.9. The highest BCUT2D eigenvalue weighted by molar-refractivity contribution is 8.18. The second-order valence-corrected chi connectivity index (χ2v) is 12.0. The highest BCUT2D eigenvalue weighted by Crippen LogP contribution is 2.49. The van der Waals surface area contributed by atoms with Crippen molar-refractivity contribution >= 4 is 52.2 Å². The van der Waals surface area contributed by atoms with Crippen LogP contribution in [0.2, 0.25) is 0 Å². The van der Waals surface area contributed by atoms with Crippen LogP contribution in [-0.2, 0) is 42.9 Å². The molecule has 1 saturated heterocycles. The zero-order valence-corrected chi connectivity index (χ0v) is 27.8. The van der Waals surface area contributed by atoms with Crippen molar-refractivity contribution in [1.82, 2.24) is 0 Å². The summed E-state index contributed by atoms with van der Waals surface area (Å²) in [6.07, 6.45) is -8.08. The quantitative estimate of drug-likeness (QED) is 0.204. The molecule has 0 aliphatic carbocycles. The second kappa shape index (κ2) is 15.7. The number of benzene rings is 2. The number of nitrogens with zero attached hydrogens (tertiary/aromatic N) is 2. The first-order chi connectivity index (χ1) is 23.3. The van der Waals surface area contributed by atoms with E-state index in [0.717, 1.165) is 39.5 Å². The van der Waals surface area contributed by atoms with Gasteiger partial charge in [0.05, 0.1) is 16.7 Å². The summed E-state index contributed by atoms with van der Waals surface area (Å²) in [7, 11) is 0. The Kier molecular flexibility index (Phi) is 11.7. The van der Waals surface area contributed by atoms with Crippen molar-refractivity contribution < 1.29 is 52.5 Å². The Morgan fingerprint density at radius 3 is 1.88 bits per heavy atom. The molecule has 2 aromatic carbocycles. The molecule has 2 N–H and O–H groups in total. The van der Waals surface area contributed by atoms with Crippen LogP contribution in [0.5, 0.6) is 0 Å². The minimum Gasteiger partial charge on any atom is -0.463 e. The third-order valence-corrected chi connectivity index (χ3v) is 8.69. The second-order valence-electron chi connectivity index (χ2n) is 11.0. The van der Waals surface area contributed by atoms with E-state index in [0.29, 0.717) is 0 Å². The van der Waals surface area contributed by atoms with Gasteiger partial charge < -0.3 is 29.4 Å². The highest BCUT2D eigenvalue weighted by Gasteiger charge is 2.55. The van der Waals surface area contributed by atoms with E-state index in [2.05, 4.69) is 11.1 Å². The van der Waals surface area contributed by atoms with Gasteiger partial charge in [0.25, 0.3) is 0 Å². The molecule has 0 amide bonds. The van der Waals surface area contributed by atoms with E-state index >= 15 is 0 Å². The molecule has 49 heavy (non-hydrogen) atoms. The molecule has 0 bridgehead atoms. The number of nitriles is 1. The summed E-state index contributed by atoms with van der Waals surface area (Å²) in [6.45, 7) is 3.84. The van der Waals surface area contributed by atoms with Crippen LogP contribution in [0.25, 0.3) is 0 Å². The summed E-state index contributed by atoms with van der Waals surface area (Å²) in [5.41, 5.74) is 4.88. The summed E-state index contributed by atoms with van der Waals surface area (Å²) in [5.74, 6) is -4.28. The van der Waals surface area contributed by atoms with Gasteiger partial charge in [-0.1, -0.05) is 72.4 Å². The van der Waals surface area contributed by atoms with Crippen molar-refractivity contribution in [2.24, 2.45) is 16.1 Å². The molecule has 15 heteroatoms. The first-order valence-electron chi connectivity index (χ1n) is 14.9. The fourth-order valence-corrected chi connectivity index (χ4v) is 6.53. The van der Waals surface area contributed by atoms with Gasteiger partial charge in [0, 0.05) is 45.2 Å². The number of aliphatic imine (C=N–C) groups is 1. The summed E-state index contributed by atoms with van der Waals surface area (Å²) in [4.78, 5) is 80.4. The van der Waals surface area contributed by atoms with Crippen LogP contribution in [0.4, 0.5) is 0 Å². The lowest BCUT2D eigenvalue weighted by Crippen LogP contribution is -2.62. The molecule has 0 unspecified atom stereocenters. The minimum atomic E-state index is -2.00. The summed E-state index contributed by atoms with van der Waals surface area (Å²) < 4.78 is 27.7. The molecule has 2 heterocycles. The highest BCUT2D eigenvalue weighted by atomic mass is 32.2. The van der Waals surface area contributed by atoms with E-state index in [1.165, 1.54) is 0 Å². The molecule has 2 aromatic rings. The van der Waals surface area contributed by atoms with E-state index < -0.39 is 84.5 Å². The van der Waals surface area contributed by atoms with Gasteiger partial charge in [-0.3, -0.25) is 28.8 Å². The largest absolute Gasteiger partial charge is 0.463 e. The number of nitrogens with two attached hydrogens (primary N) is 1. The van der Waals surface area contributed by atoms with Gasteiger partial charge in [-0.15, -0.1) is 0 Å². The Balaban J connectivity index is 1.89. The standard InChI is InChI=1S/C34H33N3O11S/c1-18(38)44-16-25-27(45-19(2)39)28(46-20(3)40)29(47-21(4)41)32(48-25)37-33-34(17-35,15-24(42)22-11-7-5-8-12-22)31(36)30(49-33)26(43)23-13-9-6-10-14-23/h5-14,25,27-29,32H,15-16,36H2,1-4H3/b37-33-/t25-,27-,28+,29-,32-,34+/m1/s1. The summed E-state index contributed by atoms with van der Waals surface area (Å²) in [5, 5.41) is 10.6. The van der Waals surface area contributed by atoms with Gasteiger partial charge in [0.1, 0.15) is 17.8 Å². The molecule has 0 radical (unpaired) electrons. The number of hydrogen-bond donors (Lipinski definition) is 1. The van der Waals surface area contributed by atoms with Crippen molar-refractivity contribution in [2.75, 3.05) is 6.61 Å². The van der Waals surface area contributed by atoms with Crippen LogP contribution in [-0.4, -0.2) is 77.7 Å². The van der Waals surface area contributed by atoms with Crippen molar-refractivity contribution in [3.05, 3.63) is 82.4 Å². The molecule has 0 saturated carbocycles. The number of Topliss-reactive ketones (excluding diaryl/α,β-unsaturated/α-hetero) is 2. The summed E-state index contributed by atoms with van der Waals surface area (Å²) >= 11 is 0.732. The third kappa shape index (κ3) is 8.40. The van der Waals surface area contributed by atoms with Gasteiger partial charge in [0.15, 0.2) is 35.7 Å². The molecule has 256 valence electrons. The number of carbonyl (C=O) groups is 6. The van der Waals surface area contributed by atoms with Crippen LogP contribution in [0.15, 0.2) is 76.3 Å². The number of carbonyl (C=O) groups excluding carboxylic acids is 6. The lowest BCUT2D eigenvalue weighted by Gasteiger charge is -2.43. The first kappa shape index (κ1) is 36.5. The third-order valence-electron chi connectivity index (χ3n) is 7.43. The Labute approximate surface area is 285 Å². The van der Waals surface area contributed by atoms with Crippen LogP contribution < -0.4 is 5.73 Å². The molecule has 14 nitrogen and oxygen atoms in total. The zero-order chi connectivity index (χ0) is 35.9. The number of thioether (sulfide) groups is 1. The average molecular weight is 692 g/mol. The Morgan fingerprint density at radius 1 is 0.816 bits per heavy atom. The smallest absolute Gasteiger partial charge is 0.303 e. The van der Waals surface area contributed by atoms with Crippen LogP contribution >= 0.6 is 11.8 Å². The number of esters is 4. The molecular weight excluding hydrogens is 658 g/mol. The SMILES string of the molecule is CC(=O)OC[C@H]1O[C@@H](/N=C2\SC(C(=O)c3ccccc3)=C(N)[C@@]2(C#N)CC(=O)c2ccccc2)[C@H](OC(C)=O)[C@@H](OC(C)=O)[C@@H]1OC(C)=O. The van der Waals surface area contributed by atoms with Crippen molar-refractivity contribution in [3.8, 4) is 6.07 Å². The predicted molar refractivity (Wildman–Crippen MR) is 172 cm³/mol. The van der Waals surface area contributed by atoms with Gasteiger partial charge in [-0.2, -0.15) is 5.26 Å². The maximum atomic E-state index is 13.7. The topological polar surface area (TPSA) is 211 Å². The molecule has 2 aliphatic rings. The van der Waals surface area contributed by atoms with E-state index in [-0.39, 0.29) is 26.8 Å². The molecule has 1 fully saturated rings. The number of hydrogen-bond acceptors (Lipinski definition) is 15. The number of ketones is 2.